The second kappa shape index (κ2) is 9.13. The summed E-state index contributed by atoms with van der Waals surface area (Å²) in [7, 11) is 1.94. The number of amides is 1. The van der Waals surface area contributed by atoms with E-state index in [2.05, 4.69) is 36.1 Å². The molecular weight excluding hydrogens is 411 g/mol. The van der Waals surface area contributed by atoms with E-state index in [1.54, 1.807) is 0 Å². The lowest BCUT2D eigenvalue weighted by molar-refractivity contribution is -0.192. The number of carboxylic acid groups (broad SMARTS) is 1. The molecule has 1 N–H and O–H groups in total. The third kappa shape index (κ3) is 5.66. The fourth-order valence-corrected chi connectivity index (χ4v) is 4.18. The largest absolute Gasteiger partial charge is 0.490 e. The lowest BCUT2D eigenvalue weighted by Crippen LogP contribution is -2.34. The van der Waals surface area contributed by atoms with Gasteiger partial charge >= 0.3 is 12.1 Å². The summed E-state index contributed by atoms with van der Waals surface area (Å²) >= 11 is 0. The topological polar surface area (TPSA) is 65.8 Å². The highest BCUT2D eigenvalue weighted by Crippen LogP contribution is 2.32. The van der Waals surface area contributed by atoms with E-state index in [4.69, 9.17) is 9.90 Å². The van der Waals surface area contributed by atoms with Crippen molar-refractivity contribution in [2.75, 3.05) is 26.2 Å². The van der Waals surface area contributed by atoms with Crippen molar-refractivity contribution in [3.63, 3.8) is 0 Å². The highest BCUT2D eigenvalue weighted by molar-refractivity contribution is 5.93. The van der Waals surface area contributed by atoms with Gasteiger partial charge in [-0.05, 0) is 36.5 Å². The molecule has 0 bridgehead atoms. The number of carboxylic acids is 1. The van der Waals surface area contributed by atoms with Crippen molar-refractivity contribution in [1.82, 2.24) is 14.4 Å². The number of likely N-dealkylation sites (tertiary alicyclic amines) is 2. The van der Waals surface area contributed by atoms with Gasteiger partial charge in [-0.3, -0.25) is 9.69 Å². The molecule has 6 nitrogen and oxygen atoms in total. The van der Waals surface area contributed by atoms with Crippen molar-refractivity contribution in [1.29, 1.82) is 0 Å². The average Bonchev–Trinajstić information content (AvgIpc) is 3.37. The first-order valence-corrected chi connectivity index (χ1v) is 10.0. The molecule has 0 unspecified atom stereocenters. The molecule has 1 amide bonds. The van der Waals surface area contributed by atoms with Gasteiger partial charge in [0.1, 0.15) is 5.69 Å². The fourth-order valence-electron chi connectivity index (χ4n) is 4.18. The number of carbonyl (C=O) groups is 2. The number of rotatable bonds is 3. The quantitative estimate of drug-likeness (QED) is 0.801. The lowest BCUT2D eigenvalue weighted by Gasteiger charge is -2.22. The number of halogens is 3. The molecular formula is C22H26F3N3O3. The number of carbonyl (C=O) groups excluding carboxylic acids is 1. The minimum Gasteiger partial charge on any atom is -0.475 e. The van der Waals surface area contributed by atoms with Crippen molar-refractivity contribution >= 4 is 11.9 Å². The van der Waals surface area contributed by atoms with Gasteiger partial charge in [0.15, 0.2) is 0 Å². The molecule has 4 rings (SSSR count). The normalized spacial score (nSPS) is 20.9. The van der Waals surface area contributed by atoms with Crippen LogP contribution in [0.3, 0.4) is 0 Å². The lowest BCUT2D eigenvalue weighted by atomic mass is 10.0. The zero-order valence-electron chi connectivity index (χ0n) is 17.5. The van der Waals surface area contributed by atoms with Crippen LogP contribution < -0.4 is 0 Å². The molecule has 1 aromatic carbocycles. The zero-order chi connectivity index (χ0) is 22.8. The molecule has 168 valence electrons. The Morgan fingerprint density at radius 1 is 1.03 bits per heavy atom. The van der Waals surface area contributed by atoms with Gasteiger partial charge in [0, 0.05) is 46.0 Å². The minimum atomic E-state index is -5.08. The van der Waals surface area contributed by atoms with Crippen LogP contribution in [-0.2, 0) is 18.4 Å². The summed E-state index contributed by atoms with van der Waals surface area (Å²) in [5.41, 5.74) is 3.50. The van der Waals surface area contributed by atoms with Crippen molar-refractivity contribution in [3.8, 4) is 0 Å². The van der Waals surface area contributed by atoms with Crippen molar-refractivity contribution in [3.05, 3.63) is 59.4 Å². The second-order valence-electron chi connectivity index (χ2n) is 8.22. The molecule has 2 aliphatic heterocycles. The summed E-state index contributed by atoms with van der Waals surface area (Å²) < 4.78 is 33.7. The molecule has 2 fully saturated rings. The Kier molecular flexibility index (Phi) is 6.74. The number of aryl methyl sites for hydroxylation is 2. The van der Waals surface area contributed by atoms with E-state index < -0.39 is 12.1 Å². The van der Waals surface area contributed by atoms with E-state index in [0.717, 1.165) is 38.4 Å². The van der Waals surface area contributed by atoms with E-state index in [0.29, 0.717) is 11.8 Å². The van der Waals surface area contributed by atoms with Crippen LogP contribution in [0, 0.1) is 18.8 Å². The molecule has 0 spiro atoms. The van der Waals surface area contributed by atoms with Gasteiger partial charge in [-0.15, -0.1) is 0 Å². The summed E-state index contributed by atoms with van der Waals surface area (Å²) in [4.78, 5) is 26.1. The number of hydrogen-bond acceptors (Lipinski definition) is 3. The maximum Gasteiger partial charge on any atom is 0.490 e. The van der Waals surface area contributed by atoms with E-state index in [9.17, 15) is 18.0 Å². The molecule has 2 aliphatic rings. The van der Waals surface area contributed by atoms with Crippen LogP contribution in [0.5, 0.6) is 0 Å². The van der Waals surface area contributed by atoms with Gasteiger partial charge in [-0.25, -0.2) is 4.79 Å². The first kappa shape index (κ1) is 22.9. The van der Waals surface area contributed by atoms with Crippen LogP contribution in [0.1, 0.15) is 21.6 Å². The standard InChI is InChI=1S/C20H25N3O.C2HF3O2/c1-15-5-7-16(8-6-15)10-22-11-17-13-23(14-18(17)12-22)20(24)19-4-3-9-21(19)2;3-2(4,5)1(6)7/h3-9,17-18H,10-14H2,1-2H3;(H,6,7)/t17-,18+;. The smallest absolute Gasteiger partial charge is 0.475 e. The molecule has 2 saturated heterocycles. The van der Waals surface area contributed by atoms with Crippen molar-refractivity contribution < 1.29 is 27.9 Å². The molecule has 0 aliphatic carbocycles. The van der Waals surface area contributed by atoms with E-state index in [1.807, 2.05) is 34.8 Å². The summed E-state index contributed by atoms with van der Waals surface area (Å²) in [5, 5.41) is 7.12. The number of aromatic nitrogens is 1. The minimum absolute atomic E-state index is 0.182. The van der Waals surface area contributed by atoms with Crippen LogP contribution in [0.2, 0.25) is 0 Å². The van der Waals surface area contributed by atoms with Gasteiger partial charge in [0.2, 0.25) is 0 Å². The third-order valence-electron chi connectivity index (χ3n) is 5.78. The molecule has 31 heavy (non-hydrogen) atoms. The Morgan fingerprint density at radius 2 is 1.58 bits per heavy atom. The van der Waals surface area contributed by atoms with Crippen LogP contribution >= 0.6 is 0 Å². The monoisotopic (exact) mass is 437 g/mol. The SMILES string of the molecule is Cc1ccc(CN2C[C@@H]3CN(C(=O)c4cccn4C)C[C@@H]3C2)cc1.O=C(O)C(F)(F)F. The molecule has 3 heterocycles. The Bertz CT molecular complexity index is 910. The van der Waals surface area contributed by atoms with E-state index >= 15 is 0 Å². The highest BCUT2D eigenvalue weighted by Gasteiger charge is 2.42. The van der Waals surface area contributed by atoms with Gasteiger partial charge in [0.05, 0.1) is 0 Å². The third-order valence-corrected chi connectivity index (χ3v) is 5.78. The van der Waals surface area contributed by atoms with Gasteiger partial charge in [0.25, 0.3) is 5.91 Å². The van der Waals surface area contributed by atoms with E-state index in [1.165, 1.54) is 11.1 Å². The van der Waals surface area contributed by atoms with Crippen LogP contribution in [0.15, 0.2) is 42.6 Å². The van der Waals surface area contributed by atoms with Crippen LogP contribution in [0.4, 0.5) is 13.2 Å². The molecule has 0 saturated carbocycles. The van der Waals surface area contributed by atoms with Gasteiger partial charge in [-0.1, -0.05) is 29.8 Å². The Balaban J connectivity index is 0.000000339. The summed E-state index contributed by atoms with van der Waals surface area (Å²) in [6.45, 7) is 7.17. The predicted molar refractivity (Wildman–Crippen MR) is 108 cm³/mol. The number of nitrogens with zero attached hydrogens (tertiary/aromatic N) is 3. The predicted octanol–water partition coefficient (Wildman–Crippen LogP) is 3.17. The summed E-state index contributed by atoms with van der Waals surface area (Å²) in [6.07, 6.45) is -3.15. The van der Waals surface area contributed by atoms with E-state index in [-0.39, 0.29) is 5.91 Å². The van der Waals surface area contributed by atoms with Gasteiger partial charge in [-0.2, -0.15) is 13.2 Å². The summed E-state index contributed by atoms with van der Waals surface area (Å²) in [5.74, 6) is -1.33. The number of hydrogen-bond donors (Lipinski definition) is 1. The van der Waals surface area contributed by atoms with Gasteiger partial charge < -0.3 is 14.6 Å². The highest BCUT2D eigenvalue weighted by atomic mass is 19.4. The van der Waals surface area contributed by atoms with Crippen LogP contribution in [0.25, 0.3) is 0 Å². The maximum absolute atomic E-state index is 12.7. The number of fused-ring (bicyclic) bond motifs is 1. The first-order valence-electron chi connectivity index (χ1n) is 10.0. The molecule has 1 aromatic heterocycles. The fraction of sp³-hybridized carbons (Fsp3) is 0.455. The number of aliphatic carboxylic acids is 1. The summed E-state index contributed by atoms with van der Waals surface area (Å²) in [6, 6.07) is 12.7. The molecule has 9 heteroatoms. The Hall–Kier alpha value is -2.81. The average molecular weight is 437 g/mol. The molecule has 0 radical (unpaired) electrons. The Labute approximate surface area is 178 Å². The number of benzene rings is 1. The molecule has 2 aromatic rings. The molecule has 2 atom stereocenters. The van der Waals surface area contributed by atoms with Crippen molar-refractivity contribution in [2.24, 2.45) is 18.9 Å². The maximum atomic E-state index is 12.7. The Morgan fingerprint density at radius 3 is 2.03 bits per heavy atom. The van der Waals surface area contributed by atoms with Crippen LogP contribution in [-0.4, -0.2) is 63.7 Å². The second-order valence-corrected chi connectivity index (χ2v) is 8.22. The first-order chi connectivity index (χ1) is 14.5. The number of alkyl halides is 3. The van der Waals surface area contributed by atoms with Crippen molar-refractivity contribution in [2.45, 2.75) is 19.6 Å². The zero-order valence-corrected chi connectivity index (χ0v) is 17.5.